The summed E-state index contributed by atoms with van der Waals surface area (Å²) in [6.45, 7) is 1.61. The van der Waals surface area contributed by atoms with E-state index in [1.54, 1.807) is 19.2 Å². The van der Waals surface area contributed by atoms with Gasteiger partial charge in [-0.1, -0.05) is 30.3 Å². The van der Waals surface area contributed by atoms with Gasteiger partial charge in [0.2, 0.25) is 5.91 Å². The van der Waals surface area contributed by atoms with Crippen molar-refractivity contribution < 1.29 is 9.59 Å². The van der Waals surface area contributed by atoms with Crippen molar-refractivity contribution in [1.29, 1.82) is 0 Å². The molecular weight excluding hydrogens is 512 g/mol. The minimum atomic E-state index is -0.0802. The van der Waals surface area contributed by atoms with Crippen LogP contribution in [0.1, 0.15) is 60.5 Å². The zero-order valence-electron chi connectivity index (χ0n) is 23.2. The molecule has 8 rings (SSSR count). The highest BCUT2D eigenvalue weighted by Gasteiger charge is 2.56. The first-order valence-corrected chi connectivity index (χ1v) is 14.6. The Balaban J connectivity index is 1.09. The highest BCUT2D eigenvalue weighted by atomic mass is 16.2. The van der Waals surface area contributed by atoms with Crippen LogP contribution in [0.3, 0.4) is 0 Å². The molecular formula is C34H34N4O3. The second-order valence-corrected chi connectivity index (χ2v) is 12.4. The number of carbonyl (C=O) groups is 2. The van der Waals surface area contributed by atoms with Gasteiger partial charge >= 0.3 is 0 Å². The number of nitrogens with one attached hydrogen (secondary N) is 2. The molecule has 0 aliphatic heterocycles. The van der Waals surface area contributed by atoms with Gasteiger partial charge in [-0.2, -0.15) is 0 Å². The minimum absolute atomic E-state index is 0.0268. The summed E-state index contributed by atoms with van der Waals surface area (Å²) in [4.78, 5) is 43.1. The maximum Gasteiger partial charge on any atom is 0.251 e. The first-order valence-electron chi connectivity index (χ1n) is 14.6. The molecule has 41 heavy (non-hydrogen) atoms. The lowest BCUT2D eigenvalue weighted by Crippen LogP contribution is -2.66. The molecule has 4 aliphatic carbocycles. The Morgan fingerprint density at radius 1 is 0.951 bits per heavy atom. The van der Waals surface area contributed by atoms with E-state index >= 15 is 0 Å². The molecule has 0 saturated heterocycles. The van der Waals surface area contributed by atoms with E-state index in [2.05, 4.69) is 15.6 Å². The van der Waals surface area contributed by atoms with Crippen molar-refractivity contribution >= 4 is 22.8 Å². The van der Waals surface area contributed by atoms with E-state index in [9.17, 15) is 14.4 Å². The van der Waals surface area contributed by atoms with E-state index in [1.165, 1.54) is 0 Å². The number of amides is 2. The van der Waals surface area contributed by atoms with Crippen molar-refractivity contribution in [2.24, 2.45) is 17.8 Å². The topological polar surface area (TPSA) is 93.1 Å². The fourth-order valence-electron chi connectivity index (χ4n) is 8.14. The first kappa shape index (κ1) is 25.7. The van der Waals surface area contributed by atoms with Crippen LogP contribution in [-0.4, -0.2) is 32.9 Å². The van der Waals surface area contributed by atoms with E-state index in [0.717, 1.165) is 43.4 Å². The summed E-state index contributed by atoms with van der Waals surface area (Å²) in [6, 6.07) is 21.3. The van der Waals surface area contributed by atoms with Gasteiger partial charge in [0.05, 0.1) is 5.39 Å². The number of fused-ring (bicyclic) bond motifs is 1. The molecule has 3 unspecified atom stereocenters. The smallest absolute Gasteiger partial charge is 0.251 e. The highest BCUT2D eigenvalue weighted by molar-refractivity contribution is 5.94. The summed E-state index contributed by atoms with van der Waals surface area (Å²) < 4.78 is 1.97. The number of aromatic nitrogens is 2. The van der Waals surface area contributed by atoms with Gasteiger partial charge in [0, 0.05) is 54.1 Å². The number of para-hydroxylation sites is 1. The number of benzene rings is 2. The lowest BCUT2D eigenvalue weighted by atomic mass is 9.51. The third-order valence-electron chi connectivity index (χ3n) is 9.49. The van der Waals surface area contributed by atoms with Crippen LogP contribution in [0.4, 0.5) is 0 Å². The quantitative estimate of drug-likeness (QED) is 0.364. The van der Waals surface area contributed by atoms with Crippen molar-refractivity contribution in [3.63, 3.8) is 0 Å². The van der Waals surface area contributed by atoms with Crippen LogP contribution in [0.25, 0.3) is 16.7 Å². The van der Waals surface area contributed by atoms with Crippen LogP contribution in [0, 0.1) is 17.8 Å². The maximum atomic E-state index is 13.4. The SMILES string of the molecule is CC(=O)NC12CC3C[C@H](C1)C(NC(=O)c1ccc(Cc4cn(-c5ccccc5)c5ncccc5c4=O)cc1)[C@@H](C3)C2. The van der Waals surface area contributed by atoms with E-state index in [1.807, 2.05) is 71.4 Å². The summed E-state index contributed by atoms with van der Waals surface area (Å²) in [5.41, 5.74) is 3.74. The Bertz CT molecular complexity index is 1680. The molecule has 7 heteroatoms. The Hall–Kier alpha value is -4.26. The zero-order valence-corrected chi connectivity index (χ0v) is 23.2. The monoisotopic (exact) mass is 546 g/mol. The number of pyridine rings is 2. The van der Waals surface area contributed by atoms with E-state index in [-0.39, 0.29) is 28.8 Å². The second kappa shape index (κ2) is 9.98. The molecule has 4 saturated carbocycles. The molecule has 2 N–H and O–H groups in total. The highest BCUT2D eigenvalue weighted by Crippen LogP contribution is 2.55. The Morgan fingerprint density at radius 2 is 1.68 bits per heavy atom. The average Bonchev–Trinajstić information content (AvgIpc) is 2.96. The minimum Gasteiger partial charge on any atom is -0.351 e. The van der Waals surface area contributed by atoms with Gasteiger partial charge in [0.25, 0.3) is 5.91 Å². The van der Waals surface area contributed by atoms with Gasteiger partial charge in [-0.15, -0.1) is 0 Å². The lowest BCUT2D eigenvalue weighted by molar-refractivity contribution is -0.125. The van der Waals surface area contributed by atoms with Crippen LogP contribution in [0.5, 0.6) is 0 Å². The van der Waals surface area contributed by atoms with Crippen molar-refractivity contribution in [1.82, 2.24) is 20.2 Å². The van der Waals surface area contributed by atoms with E-state index in [0.29, 0.717) is 46.3 Å². The number of carbonyl (C=O) groups excluding carboxylic acids is 2. The summed E-state index contributed by atoms with van der Waals surface area (Å²) in [5, 5.41) is 7.21. The molecule has 0 radical (unpaired) electrons. The maximum absolute atomic E-state index is 13.4. The molecule has 208 valence electrons. The Kier molecular flexibility index (Phi) is 6.25. The number of rotatable bonds is 6. The number of hydrogen-bond donors (Lipinski definition) is 2. The molecule has 4 bridgehead atoms. The molecule has 4 fully saturated rings. The summed E-state index contributed by atoms with van der Waals surface area (Å²) in [7, 11) is 0. The second-order valence-electron chi connectivity index (χ2n) is 12.4. The lowest BCUT2D eigenvalue weighted by Gasteiger charge is -2.60. The van der Waals surface area contributed by atoms with Crippen LogP contribution >= 0.6 is 0 Å². The summed E-state index contributed by atoms with van der Waals surface area (Å²) >= 11 is 0. The van der Waals surface area contributed by atoms with Crippen LogP contribution in [0.15, 0.2) is 83.9 Å². The third kappa shape index (κ3) is 4.73. The molecule has 2 amide bonds. The summed E-state index contributed by atoms with van der Waals surface area (Å²) in [5.74, 6) is 1.46. The molecule has 2 heterocycles. The van der Waals surface area contributed by atoms with Gasteiger partial charge in [0.15, 0.2) is 5.43 Å². The predicted molar refractivity (Wildman–Crippen MR) is 158 cm³/mol. The van der Waals surface area contributed by atoms with Gasteiger partial charge in [-0.25, -0.2) is 4.98 Å². The third-order valence-corrected chi connectivity index (χ3v) is 9.49. The largest absolute Gasteiger partial charge is 0.351 e. The number of hydrogen-bond acceptors (Lipinski definition) is 4. The predicted octanol–water partition coefficient (Wildman–Crippen LogP) is 4.79. The standard InChI is InChI=1S/C34H34N4O3/c1-21(39)37-34-17-23-15-25(18-34)30(26(16-23)19-34)36-33(41)24-11-9-22(10-12-24)14-27-20-38(28-6-3-2-4-7-28)32-29(31(27)40)8-5-13-35-32/h2-13,20,23,25-26,30H,14-19H2,1H3,(H,36,41)(H,37,39)/t23?,25-,26+,30?,34?. The first-order chi connectivity index (χ1) is 19.9. The number of nitrogens with zero attached hydrogens (tertiary/aromatic N) is 2. The fourth-order valence-corrected chi connectivity index (χ4v) is 8.14. The van der Waals surface area contributed by atoms with Crippen molar-refractivity contribution in [3.8, 4) is 5.69 Å². The van der Waals surface area contributed by atoms with Gasteiger partial charge in [-0.3, -0.25) is 14.4 Å². The molecule has 7 nitrogen and oxygen atoms in total. The van der Waals surface area contributed by atoms with Crippen molar-refractivity contribution in [2.45, 2.75) is 57.0 Å². The molecule has 4 aliphatic rings. The molecule has 2 aromatic carbocycles. The molecule has 4 aromatic rings. The van der Waals surface area contributed by atoms with E-state index < -0.39 is 0 Å². The molecule has 5 atom stereocenters. The van der Waals surface area contributed by atoms with Crippen LogP contribution < -0.4 is 16.1 Å². The van der Waals surface area contributed by atoms with Crippen LogP contribution in [-0.2, 0) is 11.2 Å². The Labute approximate surface area is 239 Å². The van der Waals surface area contributed by atoms with E-state index in [4.69, 9.17) is 0 Å². The van der Waals surface area contributed by atoms with Gasteiger partial charge < -0.3 is 15.2 Å². The fraction of sp³-hybridized carbons (Fsp3) is 0.353. The van der Waals surface area contributed by atoms with Crippen molar-refractivity contribution in [3.05, 3.63) is 106 Å². The zero-order chi connectivity index (χ0) is 28.1. The van der Waals surface area contributed by atoms with Crippen LogP contribution in [0.2, 0.25) is 0 Å². The van der Waals surface area contributed by atoms with Gasteiger partial charge in [0.1, 0.15) is 5.65 Å². The molecule has 2 aromatic heterocycles. The normalized spacial score (nSPS) is 26.2. The molecule has 0 spiro atoms. The average molecular weight is 547 g/mol. The summed E-state index contributed by atoms with van der Waals surface area (Å²) in [6.07, 6.45) is 9.27. The Morgan fingerprint density at radius 3 is 2.39 bits per heavy atom. The van der Waals surface area contributed by atoms with Crippen molar-refractivity contribution in [2.75, 3.05) is 0 Å². The van der Waals surface area contributed by atoms with Gasteiger partial charge in [-0.05, 0) is 91.8 Å².